The Bertz CT molecular complexity index is 407. The molecule has 2 atom stereocenters. The average Bonchev–Trinajstić information content (AvgIpc) is 2.35. The van der Waals surface area contributed by atoms with Crippen molar-refractivity contribution in [3.05, 3.63) is 29.3 Å². The van der Waals surface area contributed by atoms with Gasteiger partial charge in [0.1, 0.15) is 17.4 Å². The fraction of sp³-hybridized carbons (Fsp3) is 0.364. The highest BCUT2D eigenvalue weighted by atomic mass is 35.5. The molecule has 0 amide bonds. The Hall–Kier alpha value is -1.30. The Labute approximate surface area is 103 Å². The van der Waals surface area contributed by atoms with Crippen molar-refractivity contribution in [2.75, 3.05) is 13.0 Å². The van der Waals surface area contributed by atoms with Gasteiger partial charge in [-0.25, -0.2) is 4.79 Å². The van der Waals surface area contributed by atoms with Gasteiger partial charge >= 0.3 is 5.97 Å². The van der Waals surface area contributed by atoms with Crippen LogP contribution in [-0.2, 0) is 0 Å². The van der Waals surface area contributed by atoms with Crippen molar-refractivity contribution >= 4 is 17.6 Å². The molecular weight excluding hydrogens is 248 g/mol. The zero-order chi connectivity index (χ0) is 13.0. The van der Waals surface area contributed by atoms with Crippen molar-refractivity contribution in [2.24, 2.45) is 0 Å². The molecule has 1 rings (SSSR count). The van der Waals surface area contributed by atoms with Crippen LogP contribution >= 0.6 is 11.6 Å². The quantitative estimate of drug-likeness (QED) is 0.688. The van der Waals surface area contributed by atoms with Crippen molar-refractivity contribution in [3.63, 3.8) is 0 Å². The summed E-state index contributed by atoms with van der Waals surface area (Å²) in [6.07, 6.45) is -2.60. The van der Waals surface area contributed by atoms with Gasteiger partial charge in [0.15, 0.2) is 0 Å². The number of hydrogen-bond donors (Lipinski definition) is 3. The van der Waals surface area contributed by atoms with Gasteiger partial charge in [-0.05, 0) is 6.07 Å². The summed E-state index contributed by atoms with van der Waals surface area (Å²) >= 11 is 5.41. The largest absolute Gasteiger partial charge is 0.496 e. The van der Waals surface area contributed by atoms with E-state index in [1.807, 2.05) is 0 Å². The molecule has 0 aliphatic heterocycles. The number of alkyl halides is 1. The first-order valence-corrected chi connectivity index (χ1v) is 5.38. The first-order valence-electron chi connectivity index (χ1n) is 4.85. The smallest absolute Gasteiger partial charge is 0.339 e. The predicted molar refractivity (Wildman–Crippen MR) is 61.6 cm³/mol. The summed E-state index contributed by atoms with van der Waals surface area (Å²) in [4.78, 5) is 11.1. The lowest BCUT2D eigenvalue weighted by Gasteiger charge is -2.19. The molecule has 0 radical (unpaired) electrons. The minimum absolute atomic E-state index is 0.0741. The van der Waals surface area contributed by atoms with Gasteiger partial charge in [-0.3, -0.25) is 0 Å². The summed E-state index contributed by atoms with van der Waals surface area (Å²) in [6, 6.07) is 4.41. The molecule has 3 N–H and O–H groups in total. The number of carboxylic acid groups (broad SMARTS) is 1. The Kier molecular flexibility index (Phi) is 4.74. The molecule has 17 heavy (non-hydrogen) atoms. The molecule has 6 heteroatoms. The van der Waals surface area contributed by atoms with Crippen LogP contribution in [0.3, 0.4) is 0 Å². The lowest BCUT2D eigenvalue weighted by molar-refractivity contribution is 0.0311. The second-order valence-corrected chi connectivity index (χ2v) is 3.70. The maximum Gasteiger partial charge on any atom is 0.339 e. The summed E-state index contributed by atoms with van der Waals surface area (Å²) in [7, 11) is 1.33. The Morgan fingerprint density at radius 2 is 2.12 bits per heavy atom. The third kappa shape index (κ3) is 2.88. The number of aromatic carboxylic acids is 1. The van der Waals surface area contributed by atoms with E-state index >= 15 is 0 Å². The normalized spacial score (nSPS) is 14.1. The Morgan fingerprint density at radius 1 is 1.47 bits per heavy atom. The van der Waals surface area contributed by atoms with Gasteiger partial charge in [0.05, 0.1) is 19.1 Å². The molecule has 0 bridgehead atoms. The molecule has 1 aromatic carbocycles. The molecular formula is C11H13ClO5. The molecule has 0 saturated carbocycles. The first-order chi connectivity index (χ1) is 8.02. The maximum absolute atomic E-state index is 11.1. The SMILES string of the molecule is COc1cccc(C(O)C(O)CCl)c1C(=O)O. The fourth-order valence-corrected chi connectivity index (χ4v) is 1.65. The van der Waals surface area contributed by atoms with Crippen LogP contribution in [-0.4, -0.2) is 40.4 Å². The monoisotopic (exact) mass is 260 g/mol. The van der Waals surface area contributed by atoms with Gasteiger partial charge < -0.3 is 20.1 Å². The lowest BCUT2D eigenvalue weighted by Crippen LogP contribution is -2.22. The number of aliphatic hydroxyl groups is 2. The van der Waals surface area contributed by atoms with Crippen LogP contribution in [0.15, 0.2) is 18.2 Å². The molecule has 0 aliphatic rings. The van der Waals surface area contributed by atoms with Gasteiger partial charge in [-0.1, -0.05) is 12.1 Å². The fourth-order valence-electron chi connectivity index (χ4n) is 1.49. The summed E-state index contributed by atoms with van der Waals surface area (Å²) in [6.45, 7) is 0. The topological polar surface area (TPSA) is 87.0 Å². The molecule has 94 valence electrons. The zero-order valence-electron chi connectivity index (χ0n) is 9.13. The lowest BCUT2D eigenvalue weighted by atomic mass is 9.98. The Morgan fingerprint density at radius 3 is 2.59 bits per heavy atom. The van der Waals surface area contributed by atoms with Gasteiger partial charge in [-0.2, -0.15) is 0 Å². The third-order valence-corrected chi connectivity index (χ3v) is 2.65. The Balaban J connectivity index is 3.27. The van der Waals surface area contributed by atoms with Gasteiger partial charge in [0.25, 0.3) is 0 Å². The third-order valence-electron chi connectivity index (χ3n) is 2.33. The number of aliphatic hydroxyl groups excluding tert-OH is 2. The van der Waals surface area contributed by atoms with E-state index in [0.717, 1.165) is 0 Å². The summed E-state index contributed by atoms with van der Waals surface area (Å²) in [5.74, 6) is -1.31. The van der Waals surface area contributed by atoms with Crippen LogP contribution in [0.25, 0.3) is 0 Å². The summed E-state index contributed by atoms with van der Waals surface area (Å²) in [5.41, 5.74) is -0.100. The van der Waals surface area contributed by atoms with Crippen LogP contribution in [0.1, 0.15) is 22.0 Å². The van der Waals surface area contributed by atoms with Crippen LogP contribution in [0, 0.1) is 0 Å². The number of ether oxygens (including phenoxy) is 1. The number of halogens is 1. The van der Waals surface area contributed by atoms with E-state index in [4.69, 9.17) is 21.4 Å². The first kappa shape index (κ1) is 13.8. The molecule has 0 aliphatic carbocycles. The number of benzene rings is 1. The van der Waals surface area contributed by atoms with Crippen LogP contribution in [0.5, 0.6) is 5.75 Å². The second kappa shape index (κ2) is 5.86. The van der Waals surface area contributed by atoms with E-state index in [2.05, 4.69) is 0 Å². The summed E-state index contributed by atoms with van der Waals surface area (Å²) in [5, 5.41) is 28.3. The minimum atomic E-state index is -1.37. The molecule has 0 heterocycles. The van der Waals surface area contributed by atoms with Crippen molar-refractivity contribution in [2.45, 2.75) is 12.2 Å². The molecule has 0 aromatic heterocycles. The number of methoxy groups -OCH3 is 1. The van der Waals surface area contributed by atoms with E-state index in [1.54, 1.807) is 0 Å². The van der Waals surface area contributed by atoms with Crippen LogP contribution < -0.4 is 4.74 Å². The van der Waals surface area contributed by atoms with Crippen LogP contribution in [0.2, 0.25) is 0 Å². The molecule has 0 saturated heterocycles. The summed E-state index contributed by atoms with van der Waals surface area (Å²) < 4.78 is 4.90. The molecule has 2 unspecified atom stereocenters. The van der Waals surface area contributed by atoms with E-state index in [0.29, 0.717) is 0 Å². The van der Waals surface area contributed by atoms with Gasteiger partial charge in [0, 0.05) is 5.56 Å². The van der Waals surface area contributed by atoms with Crippen LogP contribution in [0.4, 0.5) is 0 Å². The highest BCUT2D eigenvalue weighted by Crippen LogP contribution is 2.28. The molecule has 1 aromatic rings. The van der Waals surface area contributed by atoms with Crippen molar-refractivity contribution < 1.29 is 24.9 Å². The zero-order valence-corrected chi connectivity index (χ0v) is 9.89. The maximum atomic E-state index is 11.1. The van der Waals surface area contributed by atoms with Crippen molar-refractivity contribution in [3.8, 4) is 5.75 Å². The van der Waals surface area contributed by atoms with Gasteiger partial charge in [0.2, 0.25) is 0 Å². The van der Waals surface area contributed by atoms with E-state index in [-0.39, 0.29) is 22.8 Å². The number of rotatable bonds is 5. The minimum Gasteiger partial charge on any atom is -0.496 e. The van der Waals surface area contributed by atoms with Gasteiger partial charge in [-0.15, -0.1) is 11.6 Å². The van der Waals surface area contributed by atoms with E-state index in [1.165, 1.54) is 25.3 Å². The van der Waals surface area contributed by atoms with Crippen molar-refractivity contribution in [1.29, 1.82) is 0 Å². The highest BCUT2D eigenvalue weighted by Gasteiger charge is 2.25. The molecule has 0 spiro atoms. The average molecular weight is 261 g/mol. The van der Waals surface area contributed by atoms with Crippen molar-refractivity contribution in [1.82, 2.24) is 0 Å². The molecule has 5 nitrogen and oxygen atoms in total. The van der Waals surface area contributed by atoms with E-state index in [9.17, 15) is 15.0 Å². The van der Waals surface area contributed by atoms with E-state index < -0.39 is 18.2 Å². The molecule has 0 fully saturated rings. The highest BCUT2D eigenvalue weighted by molar-refractivity contribution is 6.18. The standard InChI is InChI=1S/C11H13ClO5/c1-17-8-4-2-3-6(9(8)11(15)16)10(14)7(13)5-12/h2-4,7,10,13-14H,5H2,1H3,(H,15,16). The predicted octanol–water partition coefficient (Wildman–Crippen LogP) is 1.03. The second-order valence-electron chi connectivity index (χ2n) is 3.40. The number of carbonyl (C=O) groups is 1. The number of hydrogen-bond acceptors (Lipinski definition) is 4. The number of carboxylic acids is 1.